The third-order valence-electron chi connectivity index (χ3n) is 2.84. The zero-order valence-corrected chi connectivity index (χ0v) is 12.6. The minimum absolute atomic E-state index is 0.105. The molecular weight excluding hydrogens is 307 g/mol. The summed E-state index contributed by atoms with van der Waals surface area (Å²) in [5, 5.41) is 10.1. The Hall–Kier alpha value is -2.05. The van der Waals surface area contributed by atoms with Gasteiger partial charge in [0.25, 0.3) is 0 Å². The van der Waals surface area contributed by atoms with Crippen LogP contribution >= 0.6 is 7.82 Å². The van der Waals surface area contributed by atoms with E-state index in [4.69, 9.17) is 9.79 Å². The molecule has 0 saturated heterocycles. The number of aromatic hydroxyl groups is 1. The van der Waals surface area contributed by atoms with Gasteiger partial charge in [-0.2, -0.15) is 0 Å². The highest BCUT2D eigenvalue weighted by molar-refractivity contribution is 7.46. The van der Waals surface area contributed by atoms with Crippen molar-refractivity contribution in [3.8, 4) is 5.75 Å². The molecule has 7 nitrogen and oxygen atoms in total. The maximum atomic E-state index is 10.8. The Morgan fingerprint density at radius 2 is 2.00 bits per heavy atom. The van der Waals surface area contributed by atoms with Crippen LogP contribution in [0.4, 0.5) is 5.69 Å². The molecule has 0 spiro atoms. The average molecular weight is 322 g/mol. The molecule has 0 aliphatic carbocycles. The van der Waals surface area contributed by atoms with Crippen molar-refractivity contribution in [2.45, 2.75) is 13.5 Å². The summed E-state index contributed by atoms with van der Waals surface area (Å²) in [6.45, 7) is 1.23. The second-order valence-electron chi connectivity index (χ2n) is 4.49. The number of hydrogen-bond acceptors (Lipinski definition) is 5. The summed E-state index contributed by atoms with van der Waals surface area (Å²) < 4.78 is 15.3. The number of aryl methyl sites for hydroxylation is 1. The Balaban J connectivity index is 2.33. The van der Waals surface area contributed by atoms with Crippen LogP contribution in [0.2, 0.25) is 0 Å². The number of hydrogen-bond donors (Lipinski definition) is 3. The Bertz CT molecular complexity index is 728. The first-order chi connectivity index (χ1) is 10.4. The maximum Gasteiger partial charge on any atom is 0.469 e. The molecule has 0 aliphatic heterocycles. The van der Waals surface area contributed by atoms with Crippen molar-refractivity contribution in [2.75, 3.05) is 0 Å². The standard InChI is InChI=1S/C14H15N2O5P/c1-10-14(17)13(8-16-12-5-3-2-4-6-12)11(7-15-10)9-21-22(18,19)20/h2-8,17H,9H2,1H3,(H2,18,19,20). The van der Waals surface area contributed by atoms with Gasteiger partial charge in [0.1, 0.15) is 5.75 Å². The van der Waals surface area contributed by atoms with Gasteiger partial charge in [-0.15, -0.1) is 0 Å². The number of benzene rings is 1. The van der Waals surface area contributed by atoms with Crippen LogP contribution in [0.1, 0.15) is 16.8 Å². The van der Waals surface area contributed by atoms with Gasteiger partial charge in [-0.3, -0.25) is 14.5 Å². The number of aliphatic imine (C=N–C) groups is 1. The monoisotopic (exact) mass is 322 g/mol. The van der Waals surface area contributed by atoms with E-state index >= 15 is 0 Å². The van der Waals surface area contributed by atoms with Crippen LogP contribution in [0.25, 0.3) is 0 Å². The van der Waals surface area contributed by atoms with Crippen LogP contribution < -0.4 is 0 Å². The van der Waals surface area contributed by atoms with E-state index in [2.05, 4.69) is 14.5 Å². The summed E-state index contributed by atoms with van der Waals surface area (Å²) in [7, 11) is -4.61. The highest BCUT2D eigenvalue weighted by Crippen LogP contribution is 2.37. The summed E-state index contributed by atoms with van der Waals surface area (Å²) in [6, 6.07) is 9.07. The number of aromatic nitrogens is 1. The van der Waals surface area contributed by atoms with E-state index in [9.17, 15) is 9.67 Å². The zero-order chi connectivity index (χ0) is 16.2. The fraction of sp³-hybridized carbons (Fsp3) is 0.143. The molecule has 0 amide bonds. The smallest absolute Gasteiger partial charge is 0.469 e. The van der Waals surface area contributed by atoms with Gasteiger partial charge in [-0.25, -0.2) is 4.57 Å². The van der Waals surface area contributed by atoms with Gasteiger partial charge < -0.3 is 14.9 Å². The number of phosphoric acid groups is 1. The Morgan fingerprint density at radius 1 is 1.32 bits per heavy atom. The van der Waals surface area contributed by atoms with Gasteiger partial charge in [0.15, 0.2) is 0 Å². The molecule has 1 heterocycles. The van der Waals surface area contributed by atoms with E-state index in [1.807, 2.05) is 18.2 Å². The number of nitrogens with zero attached hydrogens (tertiary/aromatic N) is 2. The number of rotatable bonds is 5. The molecule has 2 aromatic rings. The molecule has 0 aliphatic rings. The zero-order valence-electron chi connectivity index (χ0n) is 11.7. The third kappa shape index (κ3) is 4.47. The molecule has 0 radical (unpaired) electrons. The first-order valence-corrected chi connectivity index (χ1v) is 7.86. The Morgan fingerprint density at radius 3 is 2.64 bits per heavy atom. The van der Waals surface area contributed by atoms with Crippen LogP contribution in [0, 0.1) is 6.92 Å². The first kappa shape index (κ1) is 16.3. The van der Waals surface area contributed by atoms with E-state index in [1.165, 1.54) is 12.4 Å². The predicted molar refractivity (Wildman–Crippen MR) is 81.2 cm³/mol. The lowest BCUT2D eigenvalue weighted by Gasteiger charge is -2.10. The average Bonchev–Trinajstić information content (AvgIpc) is 2.47. The first-order valence-electron chi connectivity index (χ1n) is 6.33. The van der Waals surface area contributed by atoms with Gasteiger partial charge in [0.05, 0.1) is 18.0 Å². The molecule has 22 heavy (non-hydrogen) atoms. The van der Waals surface area contributed by atoms with Crippen molar-refractivity contribution in [3.05, 3.63) is 53.3 Å². The molecule has 8 heteroatoms. The normalized spacial score (nSPS) is 12.0. The highest BCUT2D eigenvalue weighted by Gasteiger charge is 2.17. The SMILES string of the molecule is Cc1ncc(COP(=O)(O)O)c(C=Nc2ccccc2)c1O. The van der Waals surface area contributed by atoms with Gasteiger partial charge in [-0.1, -0.05) is 18.2 Å². The molecule has 2 rings (SSSR count). The highest BCUT2D eigenvalue weighted by atomic mass is 31.2. The molecule has 0 fully saturated rings. The van der Waals surface area contributed by atoms with E-state index in [1.54, 1.807) is 19.1 Å². The summed E-state index contributed by atoms with van der Waals surface area (Å²) in [4.78, 5) is 25.7. The van der Waals surface area contributed by atoms with E-state index in [-0.39, 0.29) is 12.4 Å². The lowest BCUT2D eigenvalue weighted by atomic mass is 10.1. The summed E-state index contributed by atoms with van der Waals surface area (Å²) in [5.74, 6) is -0.105. The van der Waals surface area contributed by atoms with Gasteiger partial charge in [0, 0.05) is 23.5 Å². The molecule has 3 N–H and O–H groups in total. The molecule has 0 saturated carbocycles. The molecule has 116 valence electrons. The van der Waals surface area contributed by atoms with Crippen LogP contribution in [-0.2, 0) is 15.7 Å². The van der Waals surface area contributed by atoms with Crippen LogP contribution in [0.5, 0.6) is 5.75 Å². The van der Waals surface area contributed by atoms with E-state index < -0.39 is 7.82 Å². The van der Waals surface area contributed by atoms with Gasteiger partial charge >= 0.3 is 7.82 Å². The minimum atomic E-state index is -4.61. The number of pyridine rings is 1. The summed E-state index contributed by atoms with van der Waals surface area (Å²) in [6.07, 6.45) is 2.80. The third-order valence-corrected chi connectivity index (χ3v) is 3.31. The summed E-state index contributed by atoms with van der Waals surface area (Å²) >= 11 is 0. The largest absolute Gasteiger partial charge is 0.505 e. The van der Waals surface area contributed by atoms with Crippen LogP contribution in [0.3, 0.4) is 0 Å². The van der Waals surface area contributed by atoms with Gasteiger partial charge in [0.2, 0.25) is 0 Å². The molecule has 0 bridgehead atoms. The lowest BCUT2D eigenvalue weighted by Crippen LogP contribution is -2.00. The van der Waals surface area contributed by atoms with E-state index in [0.717, 1.165) is 0 Å². The lowest BCUT2D eigenvalue weighted by molar-refractivity contribution is 0.188. The topological polar surface area (TPSA) is 112 Å². The van der Waals surface area contributed by atoms with Crippen LogP contribution in [0.15, 0.2) is 41.5 Å². The summed E-state index contributed by atoms with van der Waals surface area (Å²) in [5.41, 5.74) is 1.70. The number of para-hydroxylation sites is 1. The minimum Gasteiger partial charge on any atom is -0.505 e. The van der Waals surface area contributed by atoms with Crippen molar-refractivity contribution >= 4 is 19.7 Å². The molecule has 0 unspecified atom stereocenters. The second-order valence-corrected chi connectivity index (χ2v) is 5.73. The molecule has 0 atom stereocenters. The molecular formula is C14H15N2O5P. The Kier molecular flexibility index (Phi) is 5.05. The second kappa shape index (κ2) is 6.81. The fourth-order valence-electron chi connectivity index (χ4n) is 1.72. The van der Waals surface area contributed by atoms with Gasteiger partial charge in [-0.05, 0) is 19.1 Å². The number of phosphoric ester groups is 1. The predicted octanol–water partition coefficient (Wildman–Crippen LogP) is 2.46. The molecule has 1 aromatic carbocycles. The van der Waals surface area contributed by atoms with Crippen molar-refractivity contribution in [3.63, 3.8) is 0 Å². The Labute approximate surface area is 127 Å². The molecule has 1 aromatic heterocycles. The van der Waals surface area contributed by atoms with Crippen molar-refractivity contribution < 1.29 is 24.0 Å². The van der Waals surface area contributed by atoms with Crippen molar-refractivity contribution in [1.29, 1.82) is 0 Å². The van der Waals surface area contributed by atoms with Crippen LogP contribution in [-0.4, -0.2) is 26.1 Å². The van der Waals surface area contributed by atoms with Crippen molar-refractivity contribution in [2.24, 2.45) is 4.99 Å². The fourth-order valence-corrected chi connectivity index (χ4v) is 2.03. The maximum absolute atomic E-state index is 10.8. The quantitative estimate of drug-likeness (QED) is 0.576. The van der Waals surface area contributed by atoms with Crippen molar-refractivity contribution in [1.82, 2.24) is 4.98 Å². The van der Waals surface area contributed by atoms with E-state index in [0.29, 0.717) is 22.5 Å².